The number of rotatable bonds is 5. The van der Waals surface area contributed by atoms with Crippen LogP contribution in [0.3, 0.4) is 0 Å². The zero-order valence-electron chi connectivity index (χ0n) is 13.9. The van der Waals surface area contributed by atoms with E-state index in [2.05, 4.69) is 15.5 Å². The lowest BCUT2D eigenvalue weighted by molar-refractivity contribution is 0.0675. The summed E-state index contributed by atoms with van der Waals surface area (Å²) >= 11 is 0. The number of carbonyl (C=O) groups excluding carboxylic acids is 1. The highest BCUT2D eigenvalue weighted by atomic mass is 16.3. The van der Waals surface area contributed by atoms with Gasteiger partial charge < -0.3 is 9.32 Å². The van der Waals surface area contributed by atoms with E-state index in [0.29, 0.717) is 12.1 Å². The Morgan fingerprint density at radius 2 is 1.96 bits per heavy atom. The van der Waals surface area contributed by atoms with Crippen LogP contribution in [0.5, 0.6) is 0 Å². The quantitative estimate of drug-likeness (QED) is 0.720. The van der Waals surface area contributed by atoms with E-state index in [1.54, 1.807) is 21.7 Å². The summed E-state index contributed by atoms with van der Waals surface area (Å²) < 4.78 is 7.14. The van der Waals surface area contributed by atoms with E-state index in [4.69, 9.17) is 4.42 Å². The molecule has 0 fully saturated rings. The molecule has 0 spiro atoms. The van der Waals surface area contributed by atoms with Crippen molar-refractivity contribution in [1.82, 2.24) is 25.1 Å². The highest BCUT2D eigenvalue weighted by molar-refractivity contribution is 5.94. The number of amides is 1. The van der Waals surface area contributed by atoms with E-state index in [0.717, 1.165) is 17.2 Å². The number of hydrogen-bond acceptors (Lipinski definition) is 5. The van der Waals surface area contributed by atoms with Crippen molar-refractivity contribution in [2.75, 3.05) is 0 Å². The average molecular weight is 325 g/mol. The van der Waals surface area contributed by atoms with Crippen LogP contribution in [0.15, 0.2) is 47.1 Å². The molecule has 0 saturated carbocycles. The summed E-state index contributed by atoms with van der Waals surface area (Å²) in [6.45, 7) is 6.31. The van der Waals surface area contributed by atoms with E-state index < -0.39 is 0 Å². The predicted molar refractivity (Wildman–Crippen MR) is 87.6 cm³/mol. The lowest BCUT2D eigenvalue weighted by Crippen LogP contribution is -2.36. The van der Waals surface area contributed by atoms with Gasteiger partial charge in [0.25, 0.3) is 5.91 Å². The maximum Gasteiger partial charge on any atom is 0.254 e. The van der Waals surface area contributed by atoms with Crippen molar-refractivity contribution in [3.05, 3.63) is 59.8 Å². The minimum atomic E-state index is -0.0395. The molecule has 0 bridgehead atoms. The second kappa shape index (κ2) is 6.66. The van der Waals surface area contributed by atoms with Crippen molar-refractivity contribution in [2.24, 2.45) is 0 Å². The summed E-state index contributed by atoms with van der Waals surface area (Å²) in [5.41, 5.74) is 1.41. The smallest absolute Gasteiger partial charge is 0.254 e. The van der Waals surface area contributed by atoms with Crippen LogP contribution in [0, 0.1) is 6.92 Å². The number of benzene rings is 1. The number of carbonyl (C=O) groups is 1. The summed E-state index contributed by atoms with van der Waals surface area (Å²) in [5.74, 6) is 1.58. The van der Waals surface area contributed by atoms with Crippen molar-refractivity contribution in [3.8, 4) is 5.69 Å². The van der Waals surface area contributed by atoms with Gasteiger partial charge in [-0.3, -0.25) is 4.79 Å². The topological polar surface area (TPSA) is 77.1 Å². The van der Waals surface area contributed by atoms with Crippen molar-refractivity contribution >= 4 is 5.91 Å². The number of furan rings is 1. The van der Waals surface area contributed by atoms with E-state index in [9.17, 15) is 4.79 Å². The van der Waals surface area contributed by atoms with Crippen LogP contribution in [0.4, 0.5) is 0 Å². The Hall–Kier alpha value is -2.96. The SMILES string of the molecule is Cc1ccc(CN(C(=O)c2ccc(-n3cnnn3)cc2)C(C)C)o1. The van der Waals surface area contributed by atoms with E-state index >= 15 is 0 Å². The van der Waals surface area contributed by atoms with Crippen LogP contribution in [-0.2, 0) is 6.54 Å². The number of nitrogens with zero attached hydrogens (tertiary/aromatic N) is 5. The third-order valence-corrected chi connectivity index (χ3v) is 3.73. The lowest BCUT2D eigenvalue weighted by atomic mass is 10.1. The second-order valence-electron chi connectivity index (χ2n) is 5.84. The normalized spacial score (nSPS) is 11.0. The molecule has 1 amide bonds. The average Bonchev–Trinajstić information content (AvgIpc) is 3.23. The number of hydrogen-bond donors (Lipinski definition) is 0. The highest BCUT2D eigenvalue weighted by Crippen LogP contribution is 2.16. The van der Waals surface area contributed by atoms with Crippen LogP contribution in [0.2, 0.25) is 0 Å². The Balaban J connectivity index is 1.79. The summed E-state index contributed by atoms with van der Waals surface area (Å²) in [6.07, 6.45) is 1.51. The van der Waals surface area contributed by atoms with Crippen molar-refractivity contribution < 1.29 is 9.21 Å². The fourth-order valence-electron chi connectivity index (χ4n) is 2.43. The van der Waals surface area contributed by atoms with Gasteiger partial charge in [0.15, 0.2) is 0 Å². The Morgan fingerprint density at radius 3 is 2.50 bits per heavy atom. The van der Waals surface area contributed by atoms with Crippen molar-refractivity contribution in [3.63, 3.8) is 0 Å². The molecular formula is C17H19N5O2. The molecule has 0 saturated heterocycles. The first-order valence-electron chi connectivity index (χ1n) is 7.74. The van der Waals surface area contributed by atoms with Gasteiger partial charge in [0.1, 0.15) is 17.8 Å². The molecule has 0 N–H and O–H groups in total. The molecule has 7 heteroatoms. The van der Waals surface area contributed by atoms with Gasteiger partial charge in [-0.2, -0.15) is 0 Å². The molecule has 0 aliphatic carbocycles. The largest absolute Gasteiger partial charge is 0.464 e. The standard InChI is InChI=1S/C17H19N5O2/c1-12(2)21(10-16-9-4-13(3)24-16)17(23)14-5-7-15(8-6-14)22-11-18-19-20-22/h4-9,11-12H,10H2,1-3H3. The summed E-state index contributed by atoms with van der Waals surface area (Å²) in [6, 6.07) is 11.1. The molecule has 0 atom stereocenters. The lowest BCUT2D eigenvalue weighted by Gasteiger charge is -2.26. The third-order valence-electron chi connectivity index (χ3n) is 3.73. The van der Waals surface area contributed by atoms with Crippen molar-refractivity contribution in [2.45, 2.75) is 33.4 Å². The maximum atomic E-state index is 12.8. The Labute approximate surface area is 139 Å². The van der Waals surface area contributed by atoms with Crippen molar-refractivity contribution in [1.29, 1.82) is 0 Å². The predicted octanol–water partition coefficient (Wildman–Crippen LogP) is 2.61. The highest BCUT2D eigenvalue weighted by Gasteiger charge is 2.20. The van der Waals surface area contributed by atoms with E-state index in [1.807, 2.05) is 45.0 Å². The maximum absolute atomic E-state index is 12.8. The van der Waals surface area contributed by atoms with Gasteiger partial charge in [0.05, 0.1) is 12.2 Å². The third kappa shape index (κ3) is 3.34. The van der Waals surface area contributed by atoms with Gasteiger partial charge in [-0.1, -0.05) is 0 Å². The number of tetrazole rings is 1. The molecule has 124 valence electrons. The number of aromatic nitrogens is 4. The Kier molecular flexibility index (Phi) is 4.41. The molecule has 3 rings (SSSR count). The van der Waals surface area contributed by atoms with Crippen LogP contribution >= 0.6 is 0 Å². The molecule has 1 aromatic carbocycles. The molecule has 0 aliphatic rings. The molecule has 2 heterocycles. The summed E-state index contributed by atoms with van der Waals surface area (Å²) in [5, 5.41) is 11.0. The molecular weight excluding hydrogens is 306 g/mol. The fraction of sp³-hybridized carbons (Fsp3) is 0.294. The first-order valence-corrected chi connectivity index (χ1v) is 7.74. The van der Waals surface area contributed by atoms with Gasteiger partial charge >= 0.3 is 0 Å². The zero-order valence-corrected chi connectivity index (χ0v) is 13.9. The van der Waals surface area contributed by atoms with Crippen LogP contribution in [-0.4, -0.2) is 37.1 Å². The van der Waals surface area contributed by atoms with E-state index in [-0.39, 0.29) is 11.9 Å². The molecule has 0 radical (unpaired) electrons. The summed E-state index contributed by atoms with van der Waals surface area (Å²) in [4.78, 5) is 14.6. The number of aryl methyl sites for hydroxylation is 1. The van der Waals surface area contributed by atoms with Gasteiger partial charge in [-0.25, -0.2) is 4.68 Å². The molecule has 0 aliphatic heterocycles. The van der Waals surface area contributed by atoms with E-state index in [1.165, 1.54) is 6.33 Å². The van der Waals surface area contributed by atoms with Gasteiger partial charge in [-0.05, 0) is 67.6 Å². The summed E-state index contributed by atoms with van der Waals surface area (Å²) in [7, 11) is 0. The second-order valence-corrected chi connectivity index (χ2v) is 5.84. The monoisotopic (exact) mass is 325 g/mol. The van der Waals surface area contributed by atoms with Gasteiger partial charge in [-0.15, -0.1) is 5.10 Å². The Bertz CT molecular complexity index is 806. The molecule has 24 heavy (non-hydrogen) atoms. The Morgan fingerprint density at radius 1 is 1.21 bits per heavy atom. The first-order chi connectivity index (χ1) is 11.5. The molecule has 7 nitrogen and oxygen atoms in total. The van der Waals surface area contributed by atoms with Gasteiger partial charge in [0, 0.05) is 11.6 Å². The van der Waals surface area contributed by atoms with Crippen LogP contribution in [0.25, 0.3) is 5.69 Å². The minimum Gasteiger partial charge on any atom is -0.464 e. The van der Waals surface area contributed by atoms with Gasteiger partial charge in [0.2, 0.25) is 0 Å². The van der Waals surface area contributed by atoms with Crippen LogP contribution in [0.1, 0.15) is 35.7 Å². The fourth-order valence-corrected chi connectivity index (χ4v) is 2.43. The molecule has 2 aromatic heterocycles. The van der Waals surface area contributed by atoms with Crippen LogP contribution < -0.4 is 0 Å². The molecule has 0 unspecified atom stereocenters. The first kappa shape index (κ1) is 15.9. The zero-order chi connectivity index (χ0) is 17.1. The molecule has 3 aromatic rings. The minimum absolute atomic E-state index is 0.0395.